The molecule has 0 saturated heterocycles. The molecule has 0 bridgehead atoms. The van der Waals surface area contributed by atoms with Crippen molar-refractivity contribution in [3.05, 3.63) is 45.8 Å². The van der Waals surface area contributed by atoms with Crippen LogP contribution >= 0.6 is 0 Å². The molecular weight excluding hydrogens is 246 g/mol. The Hall–Kier alpha value is -2.70. The predicted molar refractivity (Wildman–Crippen MR) is 72.3 cm³/mol. The number of hydrogen-bond acceptors (Lipinski definition) is 6. The second-order valence-corrected chi connectivity index (χ2v) is 4.06. The van der Waals surface area contributed by atoms with Gasteiger partial charge in [0.2, 0.25) is 5.82 Å². The largest absolute Gasteiger partial charge is 0.383 e. The first-order chi connectivity index (χ1) is 9.00. The van der Waals surface area contributed by atoms with E-state index in [1.807, 2.05) is 13.8 Å². The Kier molecular flexibility index (Phi) is 3.28. The average Bonchev–Trinajstić information content (AvgIpc) is 2.40. The van der Waals surface area contributed by atoms with Crippen LogP contribution < -0.4 is 11.1 Å². The van der Waals surface area contributed by atoms with Crippen molar-refractivity contribution in [3.63, 3.8) is 0 Å². The molecule has 0 fully saturated rings. The topological polar surface area (TPSA) is 107 Å². The van der Waals surface area contributed by atoms with Gasteiger partial charge in [0.15, 0.2) is 0 Å². The molecule has 2 heterocycles. The highest BCUT2D eigenvalue weighted by Gasteiger charge is 2.15. The van der Waals surface area contributed by atoms with Gasteiger partial charge in [-0.3, -0.25) is 10.1 Å². The van der Waals surface area contributed by atoms with Gasteiger partial charge in [-0.1, -0.05) is 0 Å². The smallest absolute Gasteiger partial charge is 0.311 e. The van der Waals surface area contributed by atoms with E-state index in [4.69, 9.17) is 5.73 Å². The fourth-order valence-corrected chi connectivity index (χ4v) is 1.62. The summed E-state index contributed by atoms with van der Waals surface area (Å²) in [5.74, 6) is 0.625. The first kappa shape index (κ1) is 12.7. The molecular formula is C12H13N5O2. The summed E-state index contributed by atoms with van der Waals surface area (Å²) >= 11 is 0. The Morgan fingerprint density at radius 2 is 2.05 bits per heavy atom. The summed E-state index contributed by atoms with van der Waals surface area (Å²) < 4.78 is 0. The summed E-state index contributed by atoms with van der Waals surface area (Å²) in [5, 5.41) is 13.8. The summed E-state index contributed by atoms with van der Waals surface area (Å²) in [5.41, 5.74) is 7.98. The molecule has 7 heteroatoms. The lowest BCUT2D eigenvalue weighted by atomic mass is 10.1. The number of nitrogens with two attached hydrogens (primary N) is 1. The molecule has 0 unspecified atom stereocenters. The van der Waals surface area contributed by atoms with Gasteiger partial charge >= 0.3 is 5.69 Å². The first-order valence-corrected chi connectivity index (χ1v) is 5.59. The molecule has 0 aromatic carbocycles. The number of hydrogen-bond donors (Lipinski definition) is 2. The van der Waals surface area contributed by atoms with Crippen LogP contribution in [0.5, 0.6) is 0 Å². The molecule has 98 valence electrons. The van der Waals surface area contributed by atoms with Crippen molar-refractivity contribution < 1.29 is 4.92 Å². The van der Waals surface area contributed by atoms with Crippen LogP contribution in [0.4, 0.5) is 23.0 Å². The molecule has 0 radical (unpaired) electrons. The lowest BCUT2D eigenvalue weighted by Gasteiger charge is -2.11. The maximum atomic E-state index is 10.9. The average molecular weight is 259 g/mol. The molecule has 0 spiro atoms. The van der Waals surface area contributed by atoms with E-state index in [-0.39, 0.29) is 11.5 Å². The molecule has 0 amide bonds. The Bertz CT molecular complexity index is 642. The van der Waals surface area contributed by atoms with E-state index < -0.39 is 4.92 Å². The predicted octanol–water partition coefficient (Wildman–Crippen LogP) is 2.33. The molecule has 0 aliphatic rings. The van der Waals surface area contributed by atoms with Crippen molar-refractivity contribution in [2.24, 2.45) is 0 Å². The fraction of sp³-hybridized carbons (Fsp3) is 0.167. The fourth-order valence-electron chi connectivity index (χ4n) is 1.62. The second-order valence-electron chi connectivity index (χ2n) is 4.06. The van der Waals surface area contributed by atoms with E-state index in [0.717, 1.165) is 11.1 Å². The van der Waals surface area contributed by atoms with Gasteiger partial charge in [-0.15, -0.1) is 0 Å². The third-order valence-electron chi connectivity index (χ3n) is 2.92. The molecule has 0 aliphatic heterocycles. The van der Waals surface area contributed by atoms with Gasteiger partial charge in [0.1, 0.15) is 5.82 Å². The third kappa shape index (κ3) is 2.44. The Morgan fingerprint density at radius 1 is 1.32 bits per heavy atom. The van der Waals surface area contributed by atoms with E-state index in [0.29, 0.717) is 11.5 Å². The third-order valence-corrected chi connectivity index (χ3v) is 2.92. The van der Waals surface area contributed by atoms with Crippen LogP contribution in [0, 0.1) is 24.0 Å². The molecule has 0 aliphatic carbocycles. The van der Waals surface area contributed by atoms with Crippen molar-refractivity contribution in [3.8, 4) is 0 Å². The van der Waals surface area contributed by atoms with Gasteiger partial charge < -0.3 is 11.1 Å². The van der Waals surface area contributed by atoms with Gasteiger partial charge in [-0.05, 0) is 31.0 Å². The van der Waals surface area contributed by atoms with Crippen molar-refractivity contribution in [2.45, 2.75) is 13.8 Å². The van der Waals surface area contributed by atoms with E-state index >= 15 is 0 Å². The molecule has 2 rings (SSSR count). The van der Waals surface area contributed by atoms with Crippen LogP contribution in [0.1, 0.15) is 11.1 Å². The highest BCUT2D eigenvalue weighted by molar-refractivity contribution is 5.69. The maximum Gasteiger partial charge on any atom is 0.311 e. The summed E-state index contributed by atoms with van der Waals surface area (Å²) in [6.07, 6.45) is 3.03. The van der Waals surface area contributed by atoms with E-state index in [9.17, 15) is 10.1 Å². The molecule has 0 atom stereocenters. The minimum atomic E-state index is -0.484. The van der Waals surface area contributed by atoms with Gasteiger partial charge in [0, 0.05) is 12.3 Å². The van der Waals surface area contributed by atoms with Gasteiger partial charge in [-0.2, -0.15) is 0 Å². The monoisotopic (exact) mass is 259 g/mol. The minimum absolute atomic E-state index is 0.0867. The Balaban J connectivity index is 2.42. The van der Waals surface area contributed by atoms with Gasteiger partial charge in [-0.25, -0.2) is 9.97 Å². The van der Waals surface area contributed by atoms with E-state index in [2.05, 4.69) is 15.3 Å². The van der Waals surface area contributed by atoms with Crippen LogP contribution in [0.2, 0.25) is 0 Å². The number of anilines is 3. The molecule has 7 nitrogen and oxygen atoms in total. The first-order valence-electron chi connectivity index (χ1n) is 5.59. The SMILES string of the molecule is Cc1c(Nc2ncccc2[N+](=O)[O-])cnc(N)c1C. The number of nitro groups is 1. The molecule has 0 saturated carbocycles. The normalized spacial score (nSPS) is 10.2. The van der Waals surface area contributed by atoms with Crippen LogP contribution in [0.15, 0.2) is 24.5 Å². The zero-order chi connectivity index (χ0) is 14.0. The molecule has 3 N–H and O–H groups in total. The quantitative estimate of drug-likeness (QED) is 0.647. The summed E-state index contributed by atoms with van der Waals surface area (Å²) in [4.78, 5) is 18.4. The van der Waals surface area contributed by atoms with Crippen molar-refractivity contribution >= 4 is 23.0 Å². The molecule has 19 heavy (non-hydrogen) atoms. The number of aromatic nitrogens is 2. The van der Waals surface area contributed by atoms with Crippen molar-refractivity contribution in [1.29, 1.82) is 0 Å². The molecule has 2 aromatic rings. The summed E-state index contributed by atoms with van der Waals surface area (Å²) in [7, 11) is 0. The van der Waals surface area contributed by atoms with Crippen molar-refractivity contribution in [2.75, 3.05) is 11.1 Å². The zero-order valence-corrected chi connectivity index (χ0v) is 10.5. The van der Waals surface area contributed by atoms with E-state index in [1.54, 1.807) is 0 Å². The lowest BCUT2D eigenvalue weighted by molar-refractivity contribution is -0.384. The minimum Gasteiger partial charge on any atom is -0.383 e. The van der Waals surface area contributed by atoms with Crippen LogP contribution in [0.25, 0.3) is 0 Å². The summed E-state index contributed by atoms with van der Waals surface area (Å²) in [6, 6.07) is 2.91. The Labute approximate surface area is 109 Å². The highest BCUT2D eigenvalue weighted by Crippen LogP contribution is 2.28. The number of nitrogens with zero attached hydrogens (tertiary/aromatic N) is 3. The number of pyridine rings is 2. The molecule has 2 aromatic heterocycles. The Morgan fingerprint density at radius 3 is 2.74 bits per heavy atom. The zero-order valence-electron chi connectivity index (χ0n) is 10.5. The van der Waals surface area contributed by atoms with E-state index in [1.165, 1.54) is 24.5 Å². The highest BCUT2D eigenvalue weighted by atomic mass is 16.6. The standard InChI is InChI=1S/C12H13N5O2/c1-7-8(2)11(13)15-6-9(7)16-12-10(17(18)19)4-3-5-14-12/h3-6H,1-2H3,(H2,13,15)(H,14,16). The van der Waals surface area contributed by atoms with Crippen LogP contribution in [-0.2, 0) is 0 Å². The number of nitrogens with one attached hydrogen (secondary N) is 1. The van der Waals surface area contributed by atoms with Crippen molar-refractivity contribution in [1.82, 2.24) is 9.97 Å². The van der Waals surface area contributed by atoms with Gasteiger partial charge in [0.25, 0.3) is 0 Å². The number of nitrogen functional groups attached to an aromatic ring is 1. The van der Waals surface area contributed by atoms with Crippen LogP contribution in [-0.4, -0.2) is 14.9 Å². The lowest BCUT2D eigenvalue weighted by Crippen LogP contribution is -2.04. The maximum absolute atomic E-state index is 10.9. The summed E-state index contributed by atoms with van der Waals surface area (Å²) in [6.45, 7) is 3.71. The number of rotatable bonds is 3. The van der Waals surface area contributed by atoms with Crippen LogP contribution in [0.3, 0.4) is 0 Å². The van der Waals surface area contributed by atoms with Gasteiger partial charge in [0.05, 0.1) is 16.8 Å². The second kappa shape index (κ2) is 4.89.